The van der Waals surface area contributed by atoms with Gasteiger partial charge in [0.1, 0.15) is 0 Å². The quantitative estimate of drug-likeness (QED) is 0.558. The van der Waals surface area contributed by atoms with E-state index in [2.05, 4.69) is 31.4 Å². The molecule has 0 saturated carbocycles. The number of carbonyl (C=O) groups is 1. The highest BCUT2D eigenvalue weighted by molar-refractivity contribution is 5.81. The second-order valence-corrected chi connectivity index (χ2v) is 4.66. The summed E-state index contributed by atoms with van der Waals surface area (Å²) < 4.78 is 5.38. The van der Waals surface area contributed by atoms with E-state index in [1.807, 2.05) is 6.92 Å². The van der Waals surface area contributed by atoms with Crippen LogP contribution < -0.4 is 10.6 Å². The van der Waals surface area contributed by atoms with Gasteiger partial charge in [-0.1, -0.05) is 20.8 Å². The molecule has 18 heavy (non-hydrogen) atoms. The number of rotatable bonds is 11. The van der Waals surface area contributed by atoms with Gasteiger partial charge in [0.25, 0.3) is 0 Å². The molecule has 4 nitrogen and oxygen atoms in total. The fourth-order valence-electron chi connectivity index (χ4n) is 1.65. The van der Waals surface area contributed by atoms with Crippen LogP contribution >= 0.6 is 0 Å². The third-order valence-corrected chi connectivity index (χ3v) is 2.99. The Morgan fingerprint density at radius 3 is 2.39 bits per heavy atom. The van der Waals surface area contributed by atoms with Gasteiger partial charge in [0, 0.05) is 19.3 Å². The molecule has 0 aliphatic heterocycles. The molecule has 1 amide bonds. The first-order chi connectivity index (χ1) is 8.65. The van der Waals surface area contributed by atoms with Gasteiger partial charge < -0.3 is 15.4 Å². The molecular weight excluding hydrogens is 228 g/mol. The molecule has 0 aromatic carbocycles. The minimum atomic E-state index is -0.128. The summed E-state index contributed by atoms with van der Waals surface area (Å²) in [5.41, 5.74) is 0. The summed E-state index contributed by atoms with van der Waals surface area (Å²) in [5, 5.41) is 6.27. The van der Waals surface area contributed by atoms with Crippen LogP contribution in [-0.2, 0) is 9.53 Å². The largest absolute Gasteiger partial charge is 0.381 e. The van der Waals surface area contributed by atoms with Crippen molar-refractivity contribution >= 4 is 5.91 Å². The number of nitrogens with one attached hydrogen (secondary N) is 2. The fraction of sp³-hybridized carbons (Fsp3) is 0.929. The maximum atomic E-state index is 11.8. The lowest BCUT2D eigenvalue weighted by Gasteiger charge is -2.19. The van der Waals surface area contributed by atoms with E-state index in [1.54, 1.807) is 0 Å². The predicted molar refractivity (Wildman–Crippen MR) is 75.7 cm³/mol. The Morgan fingerprint density at radius 1 is 1.17 bits per heavy atom. The SMILES string of the molecule is CCCOCCCNC(C)C(=O)NC(CC)CC. The van der Waals surface area contributed by atoms with Crippen molar-refractivity contribution in [2.75, 3.05) is 19.8 Å². The van der Waals surface area contributed by atoms with Crippen LogP contribution in [0.15, 0.2) is 0 Å². The lowest BCUT2D eigenvalue weighted by atomic mass is 10.1. The average Bonchev–Trinajstić information content (AvgIpc) is 2.39. The Bertz CT molecular complexity index is 206. The second kappa shape index (κ2) is 11.5. The molecule has 0 bridgehead atoms. The molecular formula is C14H30N2O2. The molecule has 0 fully saturated rings. The zero-order valence-corrected chi connectivity index (χ0v) is 12.4. The molecule has 0 heterocycles. The predicted octanol–water partition coefficient (Wildman–Crippen LogP) is 2.09. The van der Waals surface area contributed by atoms with E-state index in [-0.39, 0.29) is 11.9 Å². The van der Waals surface area contributed by atoms with Crippen LogP contribution in [0.25, 0.3) is 0 Å². The van der Waals surface area contributed by atoms with Crippen molar-refractivity contribution < 1.29 is 9.53 Å². The van der Waals surface area contributed by atoms with E-state index in [4.69, 9.17) is 4.74 Å². The molecule has 0 radical (unpaired) electrons. The van der Waals surface area contributed by atoms with Gasteiger partial charge in [-0.25, -0.2) is 0 Å². The molecule has 0 rings (SSSR count). The van der Waals surface area contributed by atoms with Crippen LogP contribution in [0.1, 0.15) is 53.4 Å². The average molecular weight is 258 g/mol. The first-order valence-electron chi connectivity index (χ1n) is 7.27. The van der Waals surface area contributed by atoms with Crippen LogP contribution in [0.2, 0.25) is 0 Å². The van der Waals surface area contributed by atoms with E-state index in [0.717, 1.165) is 45.4 Å². The van der Waals surface area contributed by atoms with Crippen molar-refractivity contribution in [1.29, 1.82) is 0 Å². The van der Waals surface area contributed by atoms with Crippen LogP contribution in [0, 0.1) is 0 Å². The van der Waals surface area contributed by atoms with Gasteiger partial charge in [-0.3, -0.25) is 4.79 Å². The molecule has 0 aliphatic carbocycles. The molecule has 1 atom stereocenters. The van der Waals surface area contributed by atoms with E-state index in [1.165, 1.54) is 0 Å². The summed E-state index contributed by atoms with van der Waals surface area (Å²) in [5.74, 6) is 0.0955. The molecule has 0 saturated heterocycles. The zero-order chi connectivity index (χ0) is 13.8. The Balaban J connectivity index is 3.61. The van der Waals surface area contributed by atoms with Crippen molar-refractivity contribution in [2.24, 2.45) is 0 Å². The summed E-state index contributed by atoms with van der Waals surface area (Å²) in [6, 6.07) is 0.173. The minimum absolute atomic E-state index is 0.0955. The lowest BCUT2D eigenvalue weighted by molar-refractivity contribution is -0.123. The Kier molecular flexibility index (Phi) is 11.1. The number of carbonyl (C=O) groups excluding carboxylic acids is 1. The summed E-state index contributed by atoms with van der Waals surface area (Å²) in [6.45, 7) is 10.6. The van der Waals surface area contributed by atoms with Crippen LogP contribution in [0.3, 0.4) is 0 Å². The van der Waals surface area contributed by atoms with Gasteiger partial charge in [-0.2, -0.15) is 0 Å². The molecule has 108 valence electrons. The first kappa shape index (κ1) is 17.4. The highest BCUT2D eigenvalue weighted by Gasteiger charge is 2.14. The fourth-order valence-corrected chi connectivity index (χ4v) is 1.65. The lowest BCUT2D eigenvalue weighted by Crippen LogP contribution is -2.46. The minimum Gasteiger partial charge on any atom is -0.381 e. The summed E-state index contributed by atoms with van der Waals surface area (Å²) in [4.78, 5) is 11.8. The van der Waals surface area contributed by atoms with Crippen molar-refractivity contribution in [3.05, 3.63) is 0 Å². The first-order valence-corrected chi connectivity index (χ1v) is 7.27. The molecule has 0 spiro atoms. The maximum absolute atomic E-state index is 11.8. The molecule has 0 aromatic rings. The topological polar surface area (TPSA) is 50.4 Å². The number of amides is 1. The van der Waals surface area contributed by atoms with Crippen LogP contribution in [0.5, 0.6) is 0 Å². The number of hydrogen-bond acceptors (Lipinski definition) is 3. The standard InChI is InChI=1S/C14H30N2O2/c1-5-10-18-11-8-9-15-12(4)14(17)16-13(6-2)7-3/h12-13,15H,5-11H2,1-4H3,(H,16,17). The van der Waals surface area contributed by atoms with Crippen LogP contribution in [-0.4, -0.2) is 37.7 Å². The van der Waals surface area contributed by atoms with Crippen molar-refractivity contribution in [3.8, 4) is 0 Å². The van der Waals surface area contributed by atoms with Gasteiger partial charge >= 0.3 is 0 Å². The second-order valence-electron chi connectivity index (χ2n) is 4.66. The van der Waals surface area contributed by atoms with Crippen LogP contribution in [0.4, 0.5) is 0 Å². The Labute approximate surface area is 112 Å². The Morgan fingerprint density at radius 2 is 1.83 bits per heavy atom. The summed E-state index contributed by atoms with van der Waals surface area (Å²) in [7, 11) is 0. The molecule has 0 aromatic heterocycles. The number of ether oxygens (including phenoxy) is 1. The van der Waals surface area contributed by atoms with Gasteiger partial charge in [-0.05, 0) is 39.2 Å². The van der Waals surface area contributed by atoms with Crippen molar-refractivity contribution in [1.82, 2.24) is 10.6 Å². The zero-order valence-electron chi connectivity index (χ0n) is 12.4. The summed E-state index contributed by atoms with van der Waals surface area (Å²) >= 11 is 0. The molecule has 1 unspecified atom stereocenters. The normalized spacial score (nSPS) is 12.7. The number of hydrogen-bond donors (Lipinski definition) is 2. The third-order valence-electron chi connectivity index (χ3n) is 2.99. The van der Waals surface area contributed by atoms with Gasteiger partial charge in [0.05, 0.1) is 6.04 Å². The molecule has 4 heteroatoms. The van der Waals surface area contributed by atoms with Gasteiger partial charge in [0.2, 0.25) is 5.91 Å². The van der Waals surface area contributed by atoms with E-state index < -0.39 is 0 Å². The van der Waals surface area contributed by atoms with Crippen molar-refractivity contribution in [3.63, 3.8) is 0 Å². The summed E-state index contributed by atoms with van der Waals surface area (Å²) in [6.07, 6.45) is 3.98. The van der Waals surface area contributed by atoms with Gasteiger partial charge in [0.15, 0.2) is 0 Å². The van der Waals surface area contributed by atoms with E-state index >= 15 is 0 Å². The monoisotopic (exact) mass is 258 g/mol. The smallest absolute Gasteiger partial charge is 0.237 e. The Hall–Kier alpha value is -0.610. The molecule has 0 aliphatic rings. The molecule has 2 N–H and O–H groups in total. The van der Waals surface area contributed by atoms with Gasteiger partial charge in [-0.15, -0.1) is 0 Å². The highest BCUT2D eigenvalue weighted by atomic mass is 16.5. The maximum Gasteiger partial charge on any atom is 0.237 e. The van der Waals surface area contributed by atoms with Crippen molar-refractivity contribution in [2.45, 2.75) is 65.5 Å². The van der Waals surface area contributed by atoms with E-state index in [9.17, 15) is 4.79 Å². The third kappa shape index (κ3) is 8.48. The van der Waals surface area contributed by atoms with E-state index in [0.29, 0.717) is 6.04 Å². The highest BCUT2D eigenvalue weighted by Crippen LogP contribution is 1.97.